The van der Waals surface area contributed by atoms with Crippen LogP contribution in [-0.4, -0.2) is 9.55 Å². The molecule has 0 aliphatic carbocycles. The Hall–Kier alpha value is -0.980. The van der Waals surface area contributed by atoms with Crippen molar-refractivity contribution in [2.45, 2.75) is 0 Å². The normalized spacial score (nSPS) is 11.1. The van der Waals surface area contributed by atoms with Gasteiger partial charge in [-0.25, -0.2) is 4.39 Å². The average molecular weight is 402 g/mol. The van der Waals surface area contributed by atoms with E-state index in [4.69, 9.17) is 12.2 Å². The molecule has 3 rings (SSSR count). The van der Waals surface area contributed by atoms with Crippen LogP contribution in [0.2, 0.25) is 0 Å². The molecule has 1 aromatic heterocycles. The van der Waals surface area contributed by atoms with Crippen LogP contribution < -0.4 is 0 Å². The van der Waals surface area contributed by atoms with Gasteiger partial charge in [0.25, 0.3) is 0 Å². The van der Waals surface area contributed by atoms with Crippen LogP contribution in [0.3, 0.4) is 0 Å². The lowest BCUT2D eigenvalue weighted by Gasteiger charge is -2.07. The quantitative estimate of drug-likeness (QED) is 0.545. The van der Waals surface area contributed by atoms with E-state index in [2.05, 4.69) is 36.8 Å². The Balaban J connectivity index is 2.40. The summed E-state index contributed by atoms with van der Waals surface area (Å²) >= 11 is 12.2. The first kappa shape index (κ1) is 13.0. The number of halogens is 3. The molecule has 0 atom stereocenters. The van der Waals surface area contributed by atoms with Crippen LogP contribution in [0.15, 0.2) is 45.3 Å². The first-order valence-electron chi connectivity index (χ1n) is 5.42. The molecule has 1 heterocycles. The number of fused-ring (bicyclic) bond motifs is 1. The summed E-state index contributed by atoms with van der Waals surface area (Å²) in [5.41, 5.74) is 2.00. The van der Waals surface area contributed by atoms with Crippen molar-refractivity contribution in [2.24, 2.45) is 0 Å². The van der Waals surface area contributed by atoms with E-state index >= 15 is 0 Å². The summed E-state index contributed by atoms with van der Waals surface area (Å²) in [7, 11) is 0. The highest BCUT2D eigenvalue weighted by Crippen LogP contribution is 2.29. The number of para-hydroxylation sites is 1. The van der Waals surface area contributed by atoms with Crippen LogP contribution in [0.5, 0.6) is 0 Å². The lowest BCUT2D eigenvalue weighted by atomic mass is 10.2. The van der Waals surface area contributed by atoms with Gasteiger partial charge in [0.05, 0.1) is 11.2 Å². The van der Waals surface area contributed by atoms with E-state index in [-0.39, 0.29) is 5.82 Å². The fourth-order valence-electron chi connectivity index (χ4n) is 2.00. The molecule has 2 nitrogen and oxygen atoms in total. The van der Waals surface area contributed by atoms with Gasteiger partial charge in [0.2, 0.25) is 0 Å². The first-order valence-corrected chi connectivity index (χ1v) is 7.42. The van der Waals surface area contributed by atoms with Gasteiger partial charge >= 0.3 is 0 Å². The number of benzene rings is 2. The molecule has 0 bridgehead atoms. The number of aromatic amines is 1. The Kier molecular flexibility index (Phi) is 3.32. The molecule has 3 aromatic rings. The number of rotatable bonds is 1. The SMILES string of the molecule is Fc1cccc2c1[nH]c(=S)n2-c1ccc(Br)cc1Br. The molecule has 6 heteroatoms. The molecule has 0 radical (unpaired) electrons. The minimum absolute atomic E-state index is 0.310. The largest absolute Gasteiger partial charge is 0.328 e. The van der Waals surface area contributed by atoms with Gasteiger partial charge in [-0.2, -0.15) is 0 Å². The van der Waals surface area contributed by atoms with E-state index < -0.39 is 0 Å². The Morgan fingerprint density at radius 2 is 1.95 bits per heavy atom. The number of hydrogen-bond acceptors (Lipinski definition) is 1. The third-order valence-corrected chi connectivity index (χ3v) is 4.23. The second-order valence-corrected chi connectivity index (χ2v) is 6.15. The van der Waals surface area contributed by atoms with Crippen molar-refractivity contribution in [3.05, 3.63) is 55.9 Å². The van der Waals surface area contributed by atoms with Gasteiger partial charge in [-0.3, -0.25) is 4.57 Å². The predicted molar refractivity (Wildman–Crippen MR) is 83.8 cm³/mol. The summed E-state index contributed by atoms with van der Waals surface area (Å²) < 4.78 is 17.9. The summed E-state index contributed by atoms with van der Waals surface area (Å²) in [6.45, 7) is 0. The smallest absolute Gasteiger partial charge is 0.182 e. The van der Waals surface area contributed by atoms with Gasteiger partial charge in [0.1, 0.15) is 11.3 Å². The molecule has 0 spiro atoms. The molecule has 2 aromatic carbocycles. The van der Waals surface area contributed by atoms with Crippen LogP contribution in [0.25, 0.3) is 16.7 Å². The van der Waals surface area contributed by atoms with Crippen LogP contribution in [0.1, 0.15) is 0 Å². The van der Waals surface area contributed by atoms with Crippen molar-refractivity contribution < 1.29 is 4.39 Å². The van der Waals surface area contributed by atoms with Crippen molar-refractivity contribution in [3.8, 4) is 5.69 Å². The topological polar surface area (TPSA) is 20.7 Å². The zero-order chi connectivity index (χ0) is 13.6. The standard InChI is InChI=1S/C13H7Br2FN2S/c14-7-4-5-10(8(15)6-7)18-11-3-1-2-9(16)12(11)17-13(18)19/h1-6H,(H,17,19). The van der Waals surface area contributed by atoms with E-state index in [0.29, 0.717) is 15.8 Å². The van der Waals surface area contributed by atoms with Crippen molar-refractivity contribution in [1.29, 1.82) is 0 Å². The number of H-pyrrole nitrogens is 1. The molecular formula is C13H7Br2FN2S. The number of nitrogens with one attached hydrogen (secondary N) is 1. The lowest BCUT2D eigenvalue weighted by molar-refractivity contribution is 0.637. The average Bonchev–Trinajstić information content (AvgIpc) is 2.68. The highest BCUT2D eigenvalue weighted by atomic mass is 79.9. The highest BCUT2D eigenvalue weighted by Gasteiger charge is 2.11. The minimum Gasteiger partial charge on any atom is -0.328 e. The molecule has 0 fully saturated rings. The van der Waals surface area contributed by atoms with E-state index in [9.17, 15) is 4.39 Å². The third-order valence-electron chi connectivity index (χ3n) is 2.82. The number of nitrogens with zero attached hydrogens (tertiary/aromatic N) is 1. The summed E-state index contributed by atoms with van der Waals surface area (Å²) in [6, 6.07) is 10.7. The zero-order valence-electron chi connectivity index (χ0n) is 9.45. The van der Waals surface area contributed by atoms with E-state index in [1.54, 1.807) is 6.07 Å². The first-order chi connectivity index (χ1) is 9.08. The maximum Gasteiger partial charge on any atom is 0.182 e. The molecule has 0 aliphatic heterocycles. The fourth-order valence-corrected chi connectivity index (χ4v) is 3.52. The second kappa shape index (κ2) is 4.85. The summed E-state index contributed by atoms with van der Waals surface area (Å²) in [6.07, 6.45) is 0. The predicted octanol–water partition coefficient (Wildman–Crippen LogP) is 5.35. The van der Waals surface area contributed by atoms with Gasteiger partial charge in [0, 0.05) is 8.95 Å². The van der Waals surface area contributed by atoms with Crippen LogP contribution in [0, 0.1) is 10.6 Å². The van der Waals surface area contributed by atoms with E-state index in [1.165, 1.54) is 6.07 Å². The number of hydrogen-bond donors (Lipinski definition) is 1. The van der Waals surface area contributed by atoms with Gasteiger partial charge in [-0.15, -0.1) is 0 Å². The van der Waals surface area contributed by atoms with Crippen molar-refractivity contribution in [3.63, 3.8) is 0 Å². The fraction of sp³-hybridized carbons (Fsp3) is 0. The maximum atomic E-state index is 13.7. The van der Waals surface area contributed by atoms with E-state index in [0.717, 1.165) is 14.6 Å². The summed E-state index contributed by atoms with van der Waals surface area (Å²) in [5.74, 6) is -0.310. The Bertz CT molecular complexity index is 838. The van der Waals surface area contributed by atoms with Gasteiger partial charge in [-0.1, -0.05) is 22.0 Å². The Morgan fingerprint density at radius 3 is 2.68 bits per heavy atom. The Morgan fingerprint density at radius 1 is 1.16 bits per heavy atom. The molecular weight excluding hydrogens is 395 g/mol. The lowest BCUT2D eigenvalue weighted by Crippen LogP contribution is -1.95. The van der Waals surface area contributed by atoms with Gasteiger partial charge < -0.3 is 4.98 Å². The van der Waals surface area contributed by atoms with Crippen molar-refractivity contribution in [1.82, 2.24) is 9.55 Å². The minimum atomic E-state index is -0.310. The van der Waals surface area contributed by atoms with Crippen molar-refractivity contribution >= 4 is 55.1 Å². The molecule has 19 heavy (non-hydrogen) atoms. The van der Waals surface area contributed by atoms with Crippen LogP contribution >= 0.6 is 44.1 Å². The van der Waals surface area contributed by atoms with Crippen molar-refractivity contribution in [2.75, 3.05) is 0 Å². The molecule has 0 amide bonds. The van der Waals surface area contributed by atoms with Crippen LogP contribution in [-0.2, 0) is 0 Å². The maximum absolute atomic E-state index is 13.7. The summed E-state index contributed by atoms with van der Waals surface area (Å²) in [5, 5.41) is 0. The summed E-state index contributed by atoms with van der Waals surface area (Å²) in [4.78, 5) is 2.91. The third kappa shape index (κ3) is 2.17. The van der Waals surface area contributed by atoms with Crippen LogP contribution in [0.4, 0.5) is 4.39 Å². The monoisotopic (exact) mass is 400 g/mol. The van der Waals surface area contributed by atoms with Gasteiger partial charge in [-0.05, 0) is 58.5 Å². The van der Waals surface area contributed by atoms with Gasteiger partial charge in [0.15, 0.2) is 4.77 Å². The highest BCUT2D eigenvalue weighted by molar-refractivity contribution is 9.11. The molecule has 96 valence electrons. The number of aromatic nitrogens is 2. The molecule has 0 saturated heterocycles. The van der Waals surface area contributed by atoms with E-state index in [1.807, 2.05) is 28.8 Å². The number of imidazole rings is 1. The Labute approximate surface area is 130 Å². The zero-order valence-corrected chi connectivity index (χ0v) is 13.4. The molecule has 1 N–H and O–H groups in total. The molecule has 0 unspecified atom stereocenters. The molecule has 0 aliphatic rings. The second-order valence-electron chi connectivity index (χ2n) is 4.00. The molecule has 0 saturated carbocycles.